The van der Waals surface area contributed by atoms with Crippen molar-refractivity contribution in [2.45, 2.75) is 20.3 Å². The van der Waals surface area contributed by atoms with Gasteiger partial charge >= 0.3 is 0 Å². The summed E-state index contributed by atoms with van der Waals surface area (Å²) in [4.78, 5) is 7.28. The summed E-state index contributed by atoms with van der Waals surface area (Å²) in [6, 6.07) is 0. The number of aryl methyl sites for hydroxylation is 1. The molecule has 0 radical (unpaired) electrons. The lowest BCUT2D eigenvalue weighted by Gasteiger charge is -1.89. The zero-order valence-electron chi connectivity index (χ0n) is 6.44. The van der Waals surface area contributed by atoms with Crippen LogP contribution in [0.15, 0.2) is 12.8 Å². The molecule has 1 N–H and O–H groups in total. The molecule has 2 nitrogen and oxygen atoms in total. The van der Waals surface area contributed by atoms with Gasteiger partial charge in [-0.25, -0.2) is 4.98 Å². The van der Waals surface area contributed by atoms with Gasteiger partial charge in [0, 0.05) is 11.9 Å². The molecule has 10 heavy (non-hydrogen) atoms. The number of nitrogens with zero attached hydrogens (tertiary/aromatic N) is 1. The molecule has 54 valence electrons. The number of aromatic nitrogens is 2. The summed E-state index contributed by atoms with van der Waals surface area (Å²) in [5.74, 6) is 0.900. The van der Waals surface area contributed by atoms with E-state index in [0.717, 1.165) is 23.5 Å². The average molecular weight is 136 g/mol. The van der Waals surface area contributed by atoms with Gasteiger partial charge in [0.25, 0.3) is 0 Å². The molecule has 1 heterocycles. The van der Waals surface area contributed by atoms with Crippen LogP contribution in [-0.4, -0.2) is 9.97 Å². The van der Waals surface area contributed by atoms with Crippen molar-refractivity contribution < 1.29 is 0 Å². The van der Waals surface area contributed by atoms with Crippen molar-refractivity contribution in [3.8, 4) is 0 Å². The van der Waals surface area contributed by atoms with Gasteiger partial charge in [-0.15, -0.1) is 0 Å². The van der Waals surface area contributed by atoms with Crippen molar-refractivity contribution in [3.63, 3.8) is 0 Å². The van der Waals surface area contributed by atoms with E-state index >= 15 is 0 Å². The molecule has 0 amide bonds. The highest BCUT2D eigenvalue weighted by Crippen LogP contribution is 2.06. The van der Waals surface area contributed by atoms with Crippen LogP contribution in [0.5, 0.6) is 0 Å². The summed E-state index contributed by atoms with van der Waals surface area (Å²) in [5.41, 5.74) is 2.15. The molecular weight excluding hydrogens is 124 g/mol. The van der Waals surface area contributed by atoms with Crippen LogP contribution in [-0.2, 0) is 6.42 Å². The van der Waals surface area contributed by atoms with E-state index in [0.29, 0.717) is 0 Å². The third-order valence-electron chi connectivity index (χ3n) is 1.41. The van der Waals surface area contributed by atoms with Gasteiger partial charge in [0.2, 0.25) is 0 Å². The molecule has 0 unspecified atom stereocenters. The third kappa shape index (κ3) is 1.26. The van der Waals surface area contributed by atoms with Gasteiger partial charge in [-0.2, -0.15) is 0 Å². The number of allylic oxidation sites excluding steroid dienone is 1. The number of nitrogens with one attached hydrogen (secondary N) is 1. The Morgan fingerprint density at radius 2 is 2.50 bits per heavy atom. The van der Waals surface area contributed by atoms with E-state index in [1.807, 2.05) is 13.1 Å². The van der Waals surface area contributed by atoms with Crippen LogP contribution in [0.25, 0.3) is 5.57 Å². The SMILES string of the molecule is C=C(C)c1ncc(CC)[nH]1. The molecule has 0 fully saturated rings. The Hall–Kier alpha value is -1.05. The van der Waals surface area contributed by atoms with E-state index in [4.69, 9.17) is 0 Å². The van der Waals surface area contributed by atoms with Crippen molar-refractivity contribution in [1.82, 2.24) is 9.97 Å². The van der Waals surface area contributed by atoms with Crippen LogP contribution in [0.1, 0.15) is 25.4 Å². The van der Waals surface area contributed by atoms with Crippen molar-refractivity contribution in [1.29, 1.82) is 0 Å². The largest absolute Gasteiger partial charge is 0.342 e. The first-order valence-corrected chi connectivity index (χ1v) is 3.43. The highest BCUT2D eigenvalue weighted by Gasteiger charge is 1.96. The lowest BCUT2D eigenvalue weighted by atomic mass is 10.3. The second kappa shape index (κ2) is 2.69. The van der Waals surface area contributed by atoms with E-state index in [1.54, 1.807) is 0 Å². The standard InChI is InChI=1S/C8H12N2/c1-4-7-5-9-8(10-7)6(2)3/h5H,2,4H2,1,3H3,(H,9,10). The zero-order chi connectivity index (χ0) is 7.56. The predicted molar refractivity (Wildman–Crippen MR) is 42.7 cm³/mol. The Morgan fingerprint density at radius 1 is 1.80 bits per heavy atom. The summed E-state index contributed by atoms with van der Waals surface area (Å²) in [7, 11) is 0. The minimum atomic E-state index is 0.900. The number of rotatable bonds is 2. The lowest BCUT2D eigenvalue weighted by molar-refractivity contribution is 1.06. The highest BCUT2D eigenvalue weighted by atomic mass is 14.9. The van der Waals surface area contributed by atoms with Crippen molar-refractivity contribution in [3.05, 3.63) is 24.3 Å². The zero-order valence-corrected chi connectivity index (χ0v) is 6.44. The Labute approximate surface area is 61.0 Å². The fraction of sp³-hybridized carbons (Fsp3) is 0.375. The van der Waals surface area contributed by atoms with Gasteiger partial charge in [0.15, 0.2) is 0 Å². The van der Waals surface area contributed by atoms with E-state index in [1.165, 1.54) is 0 Å². The van der Waals surface area contributed by atoms with Crippen molar-refractivity contribution in [2.75, 3.05) is 0 Å². The Bertz CT molecular complexity index is 235. The normalized spacial score (nSPS) is 9.80. The summed E-state index contributed by atoms with van der Waals surface area (Å²) in [6.45, 7) is 7.81. The van der Waals surface area contributed by atoms with Crippen LogP contribution < -0.4 is 0 Å². The maximum absolute atomic E-state index is 4.13. The van der Waals surface area contributed by atoms with Crippen LogP contribution in [0.4, 0.5) is 0 Å². The first kappa shape index (κ1) is 7.06. The number of aromatic amines is 1. The smallest absolute Gasteiger partial charge is 0.132 e. The summed E-state index contributed by atoms with van der Waals surface area (Å²) < 4.78 is 0. The topological polar surface area (TPSA) is 28.7 Å². The number of H-pyrrole nitrogens is 1. The van der Waals surface area contributed by atoms with Gasteiger partial charge in [-0.3, -0.25) is 0 Å². The maximum Gasteiger partial charge on any atom is 0.132 e. The molecule has 0 saturated heterocycles. The summed E-state index contributed by atoms with van der Waals surface area (Å²) >= 11 is 0. The molecule has 1 aromatic heterocycles. The van der Waals surface area contributed by atoms with Gasteiger partial charge in [-0.05, 0) is 18.9 Å². The van der Waals surface area contributed by atoms with E-state index in [2.05, 4.69) is 23.5 Å². The van der Waals surface area contributed by atoms with Crippen LogP contribution in [0.2, 0.25) is 0 Å². The molecular formula is C8H12N2. The maximum atomic E-state index is 4.13. The number of hydrogen-bond donors (Lipinski definition) is 1. The minimum Gasteiger partial charge on any atom is -0.342 e. The van der Waals surface area contributed by atoms with Crippen LogP contribution in [0.3, 0.4) is 0 Å². The number of hydrogen-bond acceptors (Lipinski definition) is 1. The monoisotopic (exact) mass is 136 g/mol. The molecule has 0 aliphatic rings. The summed E-state index contributed by atoms with van der Waals surface area (Å²) in [6.07, 6.45) is 2.85. The minimum absolute atomic E-state index is 0.900. The predicted octanol–water partition coefficient (Wildman–Crippen LogP) is 2.01. The van der Waals surface area contributed by atoms with Gasteiger partial charge in [-0.1, -0.05) is 13.5 Å². The average Bonchev–Trinajstić information content (AvgIpc) is 2.34. The molecule has 0 saturated carbocycles. The van der Waals surface area contributed by atoms with Crippen molar-refractivity contribution >= 4 is 5.57 Å². The van der Waals surface area contributed by atoms with E-state index < -0.39 is 0 Å². The van der Waals surface area contributed by atoms with Crippen LogP contribution in [0, 0.1) is 0 Å². The van der Waals surface area contributed by atoms with Gasteiger partial charge in [0.05, 0.1) is 0 Å². The van der Waals surface area contributed by atoms with Gasteiger partial charge < -0.3 is 4.98 Å². The second-order valence-electron chi connectivity index (χ2n) is 2.39. The molecule has 2 heteroatoms. The molecule has 0 aromatic carbocycles. The molecule has 0 aliphatic heterocycles. The molecule has 0 bridgehead atoms. The molecule has 0 aliphatic carbocycles. The number of imidazole rings is 1. The molecule has 0 atom stereocenters. The van der Waals surface area contributed by atoms with E-state index in [-0.39, 0.29) is 0 Å². The second-order valence-corrected chi connectivity index (χ2v) is 2.39. The van der Waals surface area contributed by atoms with Gasteiger partial charge in [0.1, 0.15) is 5.82 Å². The molecule has 1 rings (SSSR count). The first-order valence-electron chi connectivity index (χ1n) is 3.43. The quantitative estimate of drug-likeness (QED) is 0.661. The molecule has 0 spiro atoms. The van der Waals surface area contributed by atoms with Crippen LogP contribution >= 0.6 is 0 Å². The van der Waals surface area contributed by atoms with E-state index in [9.17, 15) is 0 Å². The Balaban J connectivity index is 2.88. The fourth-order valence-electron chi connectivity index (χ4n) is 0.756. The third-order valence-corrected chi connectivity index (χ3v) is 1.41. The lowest BCUT2D eigenvalue weighted by Crippen LogP contribution is -1.81. The summed E-state index contributed by atoms with van der Waals surface area (Å²) in [5, 5.41) is 0. The Kier molecular flexibility index (Phi) is 1.90. The Morgan fingerprint density at radius 3 is 2.80 bits per heavy atom. The molecule has 1 aromatic rings. The highest BCUT2D eigenvalue weighted by molar-refractivity contribution is 5.54. The first-order chi connectivity index (χ1) is 4.74. The van der Waals surface area contributed by atoms with Crippen molar-refractivity contribution in [2.24, 2.45) is 0 Å². The fourth-order valence-corrected chi connectivity index (χ4v) is 0.756.